The number of rotatable bonds is 49. The molecule has 0 aromatic carbocycles. The molecule has 0 aliphatic carbocycles. The van der Waals surface area contributed by atoms with E-state index in [0.717, 1.165) is 44.9 Å². The highest BCUT2D eigenvalue weighted by atomic mass is 16.5. The van der Waals surface area contributed by atoms with E-state index in [1.165, 1.54) is 212 Å². The van der Waals surface area contributed by atoms with Crippen molar-refractivity contribution >= 4 is 11.9 Å². The summed E-state index contributed by atoms with van der Waals surface area (Å²) in [6.07, 6.45) is 58.9. The maximum absolute atomic E-state index is 12.4. The largest absolute Gasteiger partial charge is 0.466 e. The third-order valence-corrected chi connectivity index (χ3v) is 12.2. The third-order valence-electron chi connectivity index (χ3n) is 12.2. The van der Waals surface area contributed by atoms with Crippen LogP contribution in [0.4, 0.5) is 0 Å². The highest BCUT2D eigenvalue weighted by Gasteiger charge is 2.18. The minimum atomic E-state index is -0.848. The molecule has 0 aliphatic rings. The van der Waals surface area contributed by atoms with Crippen LogP contribution < -0.4 is 5.32 Å². The summed E-state index contributed by atoms with van der Waals surface area (Å²) in [5, 5.41) is 23.0. The summed E-state index contributed by atoms with van der Waals surface area (Å²) < 4.78 is 5.46. The molecule has 0 aromatic rings. The fraction of sp³-hybridized carbons (Fsp3) is 0.889. The molecule has 0 rings (SSSR count). The zero-order valence-electron chi connectivity index (χ0n) is 40.2. The fourth-order valence-electron chi connectivity index (χ4n) is 8.10. The van der Waals surface area contributed by atoms with Crippen molar-refractivity contribution in [3.05, 3.63) is 24.3 Å². The second kappa shape index (κ2) is 50.0. The van der Waals surface area contributed by atoms with Gasteiger partial charge in [0.25, 0.3) is 0 Å². The summed E-state index contributed by atoms with van der Waals surface area (Å²) in [7, 11) is 0. The first-order valence-corrected chi connectivity index (χ1v) is 26.6. The lowest BCUT2D eigenvalue weighted by molar-refractivity contribution is -0.143. The molecule has 1 amide bonds. The minimum absolute atomic E-state index is 0.00664. The highest BCUT2D eigenvalue weighted by Crippen LogP contribution is 2.16. The highest BCUT2D eigenvalue weighted by molar-refractivity contribution is 5.76. The first-order valence-electron chi connectivity index (χ1n) is 26.6. The van der Waals surface area contributed by atoms with Crippen LogP contribution in [0.3, 0.4) is 0 Å². The smallest absolute Gasteiger partial charge is 0.305 e. The van der Waals surface area contributed by atoms with Crippen LogP contribution in [0.5, 0.6) is 0 Å². The van der Waals surface area contributed by atoms with Crippen LogP contribution in [-0.2, 0) is 14.3 Å². The molecular formula is C54H103NO5. The van der Waals surface area contributed by atoms with E-state index in [1.54, 1.807) is 6.08 Å². The maximum Gasteiger partial charge on any atom is 0.305 e. The van der Waals surface area contributed by atoms with Gasteiger partial charge in [-0.3, -0.25) is 9.59 Å². The van der Waals surface area contributed by atoms with Gasteiger partial charge >= 0.3 is 5.97 Å². The number of ether oxygens (including phenoxy) is 1. The van der Waals surface area contributed by atoms with Crippen LogP contribution in [0, 0.1) is 0 Å². The predicted octanol–water partition coefficient (Wildman–Crippen LogP) is 15.9. The van der Waals surface area contributed by atoms with Crippen molar-refractivity contribution in [2.24, 2.45) is 0 Å². The number of carbonyl (C=O) groups excluding carboxylic acids is 2. The summed E-state index contributed by atoms with van der Waals surface area (Å²) in [5.74, 6) is -0.0818. The molecule has 6 heteroatoms. The van der Waals surface area contributed by atoms with E-state index >= 15 is 0 Å². The van der Waals surface area contributed by atoms with Crippen LogP contribution in [-0.4, -0.2) is 47.4 Å². The monoisotopic (exact) mass is 846 g/mol. The summed E-state index contributed by atoms with van der Waals surface area (Å²) in [5.41, 5.74) is 0. The van der Waals surface area contributed by atoms with Crippen molar-refractivity contribution in [1.82, 2.24) is 5.32 Å². The van der Waals surface area contributed by atoms with Gasteiger partial charge in [-0.25, -0.2) is 0 Å². The molecule has 354 valence electrons. The zero-order chi connectivity index (χ0) is 43.7. The maximum atomic E-state index is 12.4. The van der Waals surface area contributed by atoms with Crippen molar-refractivity contribution in [1.29, 1.82) is 0 Å². The molecule has 3 N–H and O–H groups in total. The summed E-state index contributed by atoms with van der Waals surface area (Å²) >= 11 is 0. The van der Waals surface area contributed by atoms with E-state index in [1.807, 2.05) is 6.08 Å². The molecular weight excluding hydrogens is 743 g/mol. The Labute approximate surface area is 373 Å². The average molecular weight is 846 g/mol. The van der Waals surface area contributed by atoms with Crippen molar-refractivity contribution in [3.63, 3.8) is 0 Å². The van der Waals surface area contributed by atoms with E-state index in [9.17, 15) is 19.8 Å². The van der Waals surface area contributed by atoms with Gasteiger partial charge in [0.05, 0.1) is 25.4 Å². The van der Waals surface area contributed by atoms with Crippen LogP contribution in [0.15, 0.2) is 24.3 Å². The van der Waals surface area contributed by atoms with Crippen LogP contribution >= 0.6 is 0 Å². The van der Waals surface area contributed by atoms with Crippen molar-refractivity contribution < 1.29 is 24.5 Å². The molecule has 0 bridgehead atoms. The summed E-state index contributed by atoms with van der Waals surface area (Å²) in [4.78, 5) is 24.4. The Morgan fingerprint density at radius 2 is 0.783 bits per heavy atom. The number of allylic oxidation sites excluding steroid dienone is 3. The standard InChI is InChI=1S/C54H103NO5/c1-3-5-7-9-11-13-15-17-24-28-32-36-40-44-48-54(59)60-49-45-41-37-33-29-25-21-19-18-20-23-27-31-35-39-43-47-53(58)55-51(50-56)52(57)46-42-38-34-30-26-22-16-14-12-10-8-6-4-2/h15,17,42,46,51-52,56-57H,3-14,16,18-41,43-45,47-50H2,1-2H3,(H,55,58)/b17-15-,46-42+. The van der Waals surface area contributed by atoms with Gasteiger partial charge in [0.1, 0.15) is 0 Å². The summed E-state index contributed by atoms with van der Waals surface area (Å²) in [6.45, 7) is 4.87. The molecule has 0 aliphatic heterocycles. The van der Waals surface area contributed by atoms with Crippen LogP contribution in [0.1, 0.15) is 284 Å². The number of nitrogens with one attached hydrogen (secondary N) is 1. The summed E-state index contributed by atoms with van der Waals surface area (Å²) in [6, 6.07) is -0.632. The van der Waals surface area contributed by atoms with Gasteiger partial charge in [-0.05, 0) is 57.8 Å². The fourth-order valence-corrected chi connectivity index (χ4v) is 8.10. The Morgan fingerprint density at radius 1 is 0.450 bits per heavy atom. The van der Waals surface area contributed by atoms with Crippen LogP contribution in [0.25, 0.3) is 0 Å². The lowest BCUT2D eigenvalue weighted by Gasteiger charge is -2.20. The second-order valence-electron chi connectivity index (χ2n) is 18.2. The molecule has 0 radical (unpaired) electrons. The van der Waals surface area contributed by atoms with Crippen molar-refractivity contribution in [2.75, 3.05) is 13.2 Å². The molecule has 0 aromatic heterocycles. The molecule has 2 unspecified atom stereocenters. The Morgan fingerprint density at radius 3 is 1.18 bits per heavy atom. The third kappa shape index (κ3) is 45.9. The number of aliphatic hydroxyl groups is 2. The average Bonchev–Trinajstić information content (AvgIpc) is 3.25. The number of carbonyl (C=O) groups is 2. The Kier molecular flexibility index (Phi) is 48.6. The molecule has 6 nitrogen and oxygen atoms in total. The number of unbranched alkanes of at least 4 members (excludes halogenated alkanes) is 36. The van der Waals surface area contributed by atoms with E-state index in [-0.39, 0.29) is 18.5 Å². The zero-order valence-corrected chi connectivity index (χ0v) is 40.2. The molecule has 0 saturated carbocycles. The van der Waals surface area contributed by atoms with Gasteiger partial charge in [0.15, 0.2) is 0 Å². The Hall–Kier alpha value is -1.66. The second-order valence-corrected chi connectivity index (χ2v) is 18.2. The van der Waals surface area contributed by atoms with Crippen molar-refractivity contribution in [3.8, 4) is 0 Å². The van der Waals surface area contributed by atoms with Gasteiger partial charge in [-0.15, -0.1) is 0 Å². The van der Waals surface area contributed by atoms with Gasteiger partial charge in [-0.1, -0.05) is 237 Å². The molecule has 0 saturated heterocycles. The van der Waals surface area contributed by atoms with E-state index in [0.29, 0.717) is 19.4 Å². The Bertz CT molecular complexity index is 935. The molecule has 2 atom stereocenters. The SMILES string of the molecule is CCCCCCC/C=C\CCCCCCCC(=O)OCCCCCCCCCCCCCCCCCCC(=O)NC(CO)C(O)/C=C/CCCCCCCCCCCCC. The van der Waals surface area contributed by atoms with Gasteiger partial charge in [-0.2, -0.15) is 0 Å². The topological polar surface area (TPSA) is 95.9 Å². The number of aliphatic hydroxyl groups excluding tert-OH is 2. The predicted molar refractivity (Wildman–Crippen MR) is 260 cm³/mol. The first-order chi connectivity index (χ1) is 29.5. The number of amides is 1. The molecule has 60 heavy (non-hydrogen) atoms. The molecule has 0 heterocycles. The number of hydrogen-bond acceptors (Lipinski definition) is 5. The molecule has 0 fully saturated rings. The van der Waals surface area contributed by atoms with Crippen LogP contribution in [0.2, 0.25) is 0 Å². The Balaban J connectivity index is 3.45. The lowest BCUT2D eigenvalue weighted by atomic mass is 10.0. The van der Waals surface area contributed by atoms with E-state index in [4.69, 9.17) is 4.74 Å². The normalized spacial score (nSPS) is 12.8. The quantitative estimate of drug-likeness (QED) is 0.0322. The number of esters is 1. The first kappa shape index (κ1) is 58.3. The van der Waals surface area contributed by atoms with Gasteiger partial charge in [0, 0.05) is 12.8 Å². The minimum Gasteiger partial charge on any atom is -0.466 e. The lowest BCUT2D eigenvalue weighted by Crippen LogP contribution is -2.45. The molecule has 0 spiro atoms. The van der Waals surface area contributed by atoms with Crippen molar-refractivity contribution in [2.45, 2.75) is 296 Å². The van der Waals surface area contributed by atoms with Gasteiger partial charge < -0.3 is 20.3 Å². The van der Waals surface area contributed by atoms with E-state index < -0.39 is 12.1 Å². The number of hydrogen-bond donors (Lipinski definition) is 3. The van der Waals surface area contributed by atoms with E-state index in [2.05, 4.69) is 31.3 Å². The van der Waals surface area contributed by atoms with Gasteiger partial charge in [0.2, 0.25) is 5.91 Å².